The molecule has 1 saturated heterocycles. The van der Waals surface area contributed by atoms with E-state index in [2.05, 4.69) is 11.0 Å². The van der Waals surface area contributed by atoms with Gasteiger partial charge >= 0.3 is 0 Å². The van der Waals surface area contributed by atoms with Crippen LogP contribution in [0.15, 0.2) is 42.5 Å². The quantitative estimate of drug-likeness (QED) is 0.720. The second-order valence-electron chi connectivity index (χ2n) is 7.17. The number of para-hydroxylation sites is 1. The molecule has 28 heavy (non-hydrogen) atoms. The molecule has 0 radical (unpaired) electrons. The third-order valence-corrected chi connectivity index (χ3v) is 5.52. The van der Waals surface area contributed by atoms with Crippen LogP contribution >= 0.6 is 0 Å². The number of ether oxygens (including phenoxy) is 2. The van der Waals surface area contributed by atoms with Crippen molar-refractivity contribution < 1.29 is 14.3 Å². The summed E-state index contributed by atoms with van der Waals surface area (Å²) >= 11 is 0. The van der Waals surface area contributed by atoms with E-state index in [1.54, 1.807) is 14.2 Å². The number of hydrogen-bond acceptors (Lipinski definition) is 4. The molecule has 0 saturated carbocycles. The van der Waals surface area contributed by atoms with Crippen LogP contribution in [0.2, 0.25) is 0 Å². The van der Waals surface area contributed by atoms with Crippen molar-refractivity contribution in [3.8, 4) is 11.5 Å². The van der Waals surface area contributed by atoms with E-state index in [0.717, 1.165) is 42.1 Å². The normalized spacial score (nSPS) is 16.8. The molecular weight excluding hydrogens is 352 g/mol. The Bertz CT molecular complexity index is 821. The lowest BCUT2D eigenvalue weighted by molar-refractivity contribution is -0.119. The van der Waals surface area contributed by atoms with Crippen molar-refractivity contribution in [3.63, 3.8) is 0 Å². The minimum atomic E-state index is 0.143. The van der Waals surface area contributed by atoms with Crippen molar-refractivity contribution in [2.24, 2.45) is 0 Å². The van der Waals surface area contributed by atoms with Gasteiger partial charge in [-0.05, 0) is 62.6 Å². The molecule has 0 aliphatic carbocycles. The van der Waals surface area contributed by atoms with Gasteiger partial charge in [0.1, 0.15) is 0 Å². The molecule has 1 fully saturated rings. The molecule has 0 unspecified atom stereocenters. The maximum absolute atomic E-state index is 13.1. The van der Waals surface area contributed by atoms with Gasteiger partial charge in [-0.1, -0.05) is 24.3 Å². The number of methoxy groups -OCH3 is 2. The van der Waals surface area contributed by atoms with E-state index in [4.69, 9.17) is 9.47 Å². The van der Waals surface area contributed by atoms with Crippen LogP contribution in [0.25, 0.3) is 0 Å². The zero-order valence-electron chi connectivity index (χ0n) is 17.3. The highest BCUT2D eigenvalue weighted by atomic mass is 16.5. The number of amides is 1. The molecule has 5 nitrogen and oxygen atoms in total. The summed E-state index contributed by atoms with van der Waals surface area (Å²) in [5.74, 6) is 1.60. The minimum absolute atomic E-state index is 0.143. The number of anilines is 1. The Morgan fingerprint density at radius 1 is 1.14 bits per heavy atom. The number of carbonyl (C=O) groups is 1. The molecule has 0 spiro atoms. The summed E-state index contributed by atoms with van der Waals surface area (Å²) in [6.45, 7) is 6.09. The highest BCUT2D eigenvalue weighted by molar-refractivity contribution is 5.95. The van der Waals surface area contributed by atoms with Crippen LogP contribution in [-0.4, -0.2) is 44.7 Å². The van der Waals surface area contributed by atoms with Crippen LogP contribution < -0.4 is 14.4 Å². The predicted molar refractivity (Wildman–Crippen MR) is 112 cm³/mol. The van der Waals surface area contributed by atoms with Gasteiger partial charge in [0.05, 0.1) is 20.8 Å². The van der Waals surface area contributed by atoms with Gasteiger partial charge in [0.2, 0.25) is 5.91 Å². The van der Waals surface area contributed by atoms with Gasteiger partial charge in [0.25, 0.3) is 0 Å². The zero-order valence-corrected chi connectivity index (χ0v) is 17.3. The fraction of sp³-hybridized carbons (Fsp3) is 0.435. The highest BCUT2D eigenvalue weighted by Gasteiger charge is 2.30. The minimum Gasteiger partial charge on any atom is -0.493 e. The third kappa shape index (κ3) is 4.14. The van der Waals surface area contributed by atoms with Gasteiger partial charge in [-0.15, -0.1) is 0 Å². The number of nitrogens with zero attached hydrogens (tertiary/aromatic N) is 2. The van der Waals surface area contributed by atoms with Crippen LogP contribution in [0.4, 0.5) is 5.69 Å². The topological polar surface area (TPSA) is 42.0 Å². The van der Waals surface area contributed by atoms with Gasteiger partial charge < -0.3 is 14.4 Å². The molecule has 0 bridgehead atoms. The van der Waals surface area contributed by atoms with Gasteiger partial charge in [-0.2, -0.15) is 0 Å². The summed E-state index contributed by atoms with van der Waals surface area (Å²) in [7, 11) is 3.29. The monoisotopic (exact) mass is 382 g/mol. The first-order valence-electron chi connectivity index (χ1n) is 9.91. The highest BCUT2D eigenvalue weighted by Crippen LogP contribution is 2.37. The number of benzene rings is 2. The third-order valence-electron chi connectivity index (χ3n) is 5.52. The zero-order chi connectivity index (χ0) is 20.1. The Morgan fingerprint density at radius 2 is 1.89 bits per heavy atom. The number of hydrogen-bond donors (Lipinski definition) is 0. The average molecular weight is 383 g/mol. The van der Waals surface area contributed by atoms with Crippen molar-refractivity contribution in [2.45, 2.75) is 32.7 Å². The van der Waals surface area contributed by atoms with Crippen LogP contribution in [0.5, 0.6) is 11.5 Å². The van der Waals surface area contributed by atoms with Crippen LogP contribution in [-0.2, 0) is 4.79 Å². The molecule has 150 valence electrons. The van der Waals surface area contributed by atoms with Crippen molar-refractivity contribution >= 4 is 11.6 Å². The Labute approximate surface area is 167 Å². The SMILES string of the molecule is CCN(C(=O)CN1CCC[C@H]1c1ccc(OC)c(OC)c1)c1ccccc1C. The van der Waals surface area contributed by atoms with Crippen LogP contribution in [0.3, 0.4) is 0 Å². The summed E-state index contributed by atoms with van der Waals surface area (Å²) in [6, 6.07) is 14.3. The van der Waals surface area contributed by atoms with Crippen molar-refractivity contribution in [1.82, 2.24) is 4.90 Å². The molecule has 1 aliphatic heterocycles. The average Bonchev–Trinajstić information content (AvgIpc) is 3.17. The molecule has 1 aliphatic rings. The second kappa shape index (κ2) is 9.11. The number of likely N-dealkylation sites (tertiary alicyclic amines) is 1. The molecule has 3 rings (SSSR count). The Kier molecular flexibility index (Phi) is 6.57. The van der Waals surface area contributed by atoms with Crippen molar-refractivity contribution in [2.75, 3.05) is 38.8 Å². The van der Waals surface area contributed by atoms with E-state index >= 15 is 0 Å². The standard InChI is InChI=1S/C23H30N2O3/c1-5-25(19-10-7-6-9-17(19)2)23(26)16-24-14-8-11-20(24)18-12-13-21(27-3)22(15-18)28-4/h6-7,9-10,12-13,15,20H,5,8,11,14,16H2,1-4H3/t20-/m0/s1. The molecule has 1 atom stereocenters. The van der Waals surface area contributed by atoms with Gasteiger partial charge in [-0.25, -0.2) is 0 Å². The molecule has 1 amide bonds. The molecule has 1 heterocycles. The summed E-state index contributed by atoms with van der Waals surface area (Å²) in [6.07, 6.45) is 2.13. The summed E-state index contributed by atoms with van der Waals surface area (Å²) in [5, 5.41) is 0. The predicted octanol–water partition coefficient (Wildman–Crippen LogP) is 4.20. The Balaban J connectivity index is 1.78. The lowest BCUT2D eigenvalue weighted by Crippen LogP contribution is -2.40. The van der Waals surface area contributed by atoms with Crippen molar-refractivity contribution in [3.05, 3.63) is 53.6 Å². The second-order valence-corrected chi connectivity index (χ2v) is 7.17. The van der Waals surface area contributed by atoms with Crippen molar-refractivity contribution in [1.29, 1.82) is 0 Å². The largest absolute Gasteiger partial charge is 0.493 e. The molecule has 5 heteroatoms. The summed E-state index contributed by atoms with van der Waals surface area (Å²) in [4.78, 5) is 17.3. The van der Waals surface area contributed by atoms with E-state index in [0.29, 0.717) is 13.1 Å². The van der Waals surface area contributed by atoms with Gasteiger partial charge in [-0.3, -0.25) is 9.69 Å². The fourth-order valence-electron chi connectivity index (χ4n) is 4.06. The summed E-state index contributed by atoms with van der Waals surface area (Å²) in [5.41, 5.74) is 3.29. The van der Waals surface area contributed by atoms with E-state index in [9.17, 15) is 4.79 Å². The lowest BCUT2D eigenvalue weighted by Gasteiger charge is -2.29. The maximum Gasteiger partial charge on any atom is 0.241 e. The van der Waals surface area contributed by atoms with E-state index in [-0.39, 0.29) is 11.9 Å². The number of likely N-dealkylation sites (N-methyl/N-ethyl adjacent to an activating group) is 1. The van der Waals surface area contributed by atoms with Gasteiger partial charge in [0, 0.05) is 18.3 Å². The van der Waals surface area contributed by atoms with Gasteiger partial charge in [0.15, 0.2) is 11.5 Å². The fourth-order valence-corrected chi connectivity index (χ4v) is 4.06. The van der Waals surface area contributed by atoms with E-state index in [1.807, 2.05) is 55.1 Å². The first-order chi connectivity index (χ1) is 13.6. The van der Waals surface area contributed by atoms with Crippen LogP contribution in [0.1, 0.15) is 36.9 Å². The smallest absolute Gasteiger partial charge is 0.241 e. The Morgan fingerprint density at radius 3 is 2.57 bits per heavy atom. The molecule has 0 N–H and O–H groups in total. The van der Waals surface area contributed by atoms with E-state index < -0.39 is 0 Å². The lowest BCUT2D eigenvalue weighted by atomic mass is 10.0. The van der Waals surface area contributed by atoms with E-state index in [1.165, 1.54) is 5.56 Å². The Hall–Kier alpha value is -2.53. The van der Waals surface area contributed by atoms with Crippen LogP contribution in [0, 0.1) is 6.92 Å². The number of rotatable bonds is 7. The maximum atomic E-state index is 13.1. The molecule has 2 aromatic carbocycles. The number of aryl methyl sites for hydroxylation is 1. The molecule has 2 aromatic rings. The summed E-state index contributed by atoms with van der Waals surface area (Å²) < 4.78 is 10.8. The first kappa shape index (κ1) is 20.2. The molecule has 0 aromatic heterocycles. The number of carbonyl (C=O) groups excluding carboxylic acids is 1. The first-order valence-corrected chi connectivity index (χ1v) is 9.91. The molecular formula is C23H30N2O3.